The molecule has 3 heteroatoms. The first-order valence-electron chi connectivity index (χ1n) is 7.51. The lowest BCUT2D eigenvalue weighted by atomic mass is 10.1. The summed E-state index contributed by atoms with van der Waals surface area (Å²) in [6, 6.07) is 14.7. The van der Waals surface area contributed by atoms with Crippen molar-refractivity contribution in [1.82, 2.24) is 0 Å². The Labute approximate surface area is 131 Å². The van der Waals surface area contributed by atoms with Gasteiger partial charge in [0.25, 0.3) is 0 Å². The highest BCUT2D eigenvalue weighted by molar-refractivity contribution is 6.32. The van der Waals surface area contributed by atoms with E-state index in [9.17, 15) is 0 Å². The Morgan fingerprint density at radius 2 is 1.90 bits per heavy atom. The summed E-state index contributed by atoms with van der Waals surface area (Å²) in [5, 5.41) is 4.04. The maximum Gasteiger partial charge on any atom is 0.138 e. The molecule has 0 amide bonds. The highest BCUT2D eigenvalue weighted by Gasteiger charge is 2.22. The molecule has 2 aromatic carbocycles. The molecule has 21 heavy (non-hydrogen) atoms. The van der Waals surface area contributed by atoms with Crippen LogP contribution >= 0.6 is 11.6 Å². The van der Waals surface area contributed by atoms with Gasteiger partial charge in [-0.2, -0.15) is 0 Å². The van der Waals surface area contributed by atoms with Gasteiger partial charge < -0.3 is 10.1 Å². The minimum Gasteiger partial charge on any atom is -0.492 e. The molecular formula is C18H20ClNO. The third-order valence-electron chi connectivity index (χ3n) is 3.76. The molecule has 2 aromatic rings. The van der Waals surface area contributed by atoms with Crippen molar-refractivity contribution in [2.75, 3.05) is 11.9 Å². The molecule has 1 N–H and O–H groups in total. The average molecular weight is 302 g/mol. The van der Waals surface area contributed by atoms with Crippen LogP contribution in [-0.4, -0.2) is 6.61 Å². The molecule has 0 aliphatic heterocycles. The van der Waals surface area contributed by atoms with Gasteiger partial charge in [-0.05, 0) is 55.0 Å². The van der Waals surface area contributed by atoms with Crippen LogP contribution in [0.15, 0.2) is 42.5 Å². The molecule has 0 bridgehead atoms. The van der Waals surface area contributed by atoms with E-state index >= 15 is 0 Å². The van der Waals surface area contributed by atoms with Crippen molar-refractivity contribution in [2.45, 2.75) is 32.2 Å². The van der Waals surface area contributed by atoms with E-state index in [0.29, 0.717) is 11.6 Å². The van der Waals surface area contributed by atoms with Gasteiger partial charge in [0.1, 0.15) is 5.75 Å². The molecule has 1 saturated carbocycles. The lowest BCUT2D eigenvalue weighted by molar-refractivity contribution is 0.340. The van der Waals surface area contributed by atoms with Gasteiger partial charge in [0.15, 0.2) is 0 Å². The molecule has 1 aliphatic rings. The molecule has 3 rings (SSSR count). The number of halogens is 1. The summed E-state index contributed by atoms with van der Waals surface area (Å²) >= 11 is 6.19. The Morgan fingerprint density at radius 1 is 1.14 bits per heavy atom. The van der Waals surface area contributed by atoms with Gasteiger partial charge in [-0.15, -0.1) is 0 Å². The van der Waals surface area contributed by atoms with Crippen LogP contribution in [0.4, 0.5) is 5.69 Å². The topological polar surface area (TPSA) is 21.3 Å². The standard InChI is InChI=1S/C18H20ClNO/c1-2-21-18-10-9-16(11-17(18)19)20-12-13-3-5-14(6-4-13)15-7-8-15/h3-6,9-11,15,20H,2,7-8,12H2,1H3. The van der Waals surface area contributed by atoms with E-state index in [1.54, 1.807) is 0 Å². The molecule has 1 fully saturated rings. The Kier molecular flexibility index (Phi) is 4.35. The van der Waals surface area contributed by atoms with E-state index < -0.39 is 0 Å². The van der Waals surface area contributed by atoms with Gasteiger partial charge in [0, 0.05) is 12.2 Å². The summed E-state index contributed by atoms with van der Waals surface area (Å²) in [4.78, 5) is 0. The van der Waals surface area contributed by atoms with Gasteiger partial charge in [-0.1, -0.05) is 35.9 Å². The molecule has 1 aliphatic carbocycles. The summed E-state index contributed by atoms with van der Waals surface area (Å²) in [6.45, 7) is 3.38. The number of hydrogen-bond acceptors (Lipinski definition) is 2. The molecule has 0 aromatic heterocycles. The summed E-state index contributed by atoms with van der Waals surface area (Å²) in [6.07, 6.45) is 2.70. The predicted octanol–water partition coefficient (Wildman–Crippen LogP) is 5.23. The van der Waals surface area contributed by atoms with Crippen molar-refractivity contribution in [3.63, 3.8) is 0 Å². The zero-order chi connectivity index (χ0) is 14.7. The smallest absolute Gasteiger partial charge is 0.138 e. The third kappa shape index (κ3) is 3.70. The molecular weight excluding hydrogens is 282 g/mol. The fraction of sp³-hybridized carbons (Fsp3) is 0.333. The highest BCUT2D eigenvalue weighted by Crippen LogP contribution is 2.39. The van der Waals surface area contributed by atoms with Crippen molar-refractivity contribution >= 4 is 17.3 Å². The van der Waals surface area contributed by atoms with Crippen LogP contribution < -0.4 is 10.1 Å². The van der Waals surface area contributed by atoms with Gasteiger partial charge in [-0.25, -0.2) is 0 Å². The largest absolute Gasteiger partial charge is 0.492 e. The molecule has 0 heterocycles. The van der Waals surface area contributed by atoms with Crippen molar-refractivity contribution in [3.05, 3.63) is 58.6 Å². The molecule has 110 valence electrons. The monoisotopic (exact) mass is 301 g/mol. The van der Waals surface area contributed by atoms with E-state index in [0.717, 1.165) is 23.9 Å². The van der Waals surface area contributed by atoms with E-state index in [1.165, 1.54) is 24.0 Å². The molecule has 0 unspecified atom stereocenters. The number of rotatable bonds is 6. The predicted molar refractivity (Wildman–Crippen MR) is 88.4 cm³/mol. The zero-order valence-corrected chi connectivity index (χ0v) is 13.0. The van der Waals surface area contributed by atoms with Crippen molar-refractivity contribution < 1.29 is 4.74 Å². The van der Waals surface area contributed by atoms with Crippen molar-refractivity contribution in [2.24, 2.45) is 0 Å². The normalized spacial score (nSPS) is 14.0. The van der Waals surface area contributed by atoms with Gasteiger partial charge in [0.05, 0.1) is 11.6 Å². The quantitative estimate of drug-likeness (QED) is 0.789. The number of anilines is 1. The van der Waals surface area contributed by atoms with Crippen LogP contribution in [0.1, 0.15) is 36.8 Å². The van der Waals surface area contributed by atoms with Crippen molar-refractivity contribution in [1.29, 1.82) is 0 Å². The van der Waals surface area contributed by atoms with E-state index in [1.807, 2.05) is 25.1 Å². The average Bonchev–Trinajstić information content (AvgIpc) is 3.33. The minimum atomic E-state index is 0.625. The molecule has 0 radical (unpaired) electrons. The second-order valence-corrected chi connectivity index (χ2v) is 5.85. The number of benzene rings is 2. The fourth-order valence-electron chi connectivity index (χ4n) is 2.41. The number of ether oxygens (including phenoxy) is 1. The van der Waals surface area contributed by atoms with Crippen LogP contribution in [0, 0.1) is 0 Å². The first-order chi connectivity index (χ1) is 10.3. The maximum absolute atomic E-state index is 6.19. The highest BCUT2D eigenvalue weighted by atomic mass is 35.5. The van der Waals surface area contributed by atoms with Gasteiger partial charge in [-0.3, -0.25) is 0 Å². The van der Waals surface area contributed by atoms with E-state index in [2.05, 4.69) is 29.6 Å². The second-order valence-electron chi connectivity index (χ2n) is 5.45. The third-order valence-corrected chi connectivity index (χ3v) is 4.05. The maximum atomic E-state index is 6.19. The lowest BCUT2D eigenvalue weighted by Gasteiger charge is -2.10. The molecule has 0 saturated heterocycles. The van der Waals surface area contributed by atoms with Crippen LogP contribution in [0.5, 0.6) is 5.75 Å². The number of nitrogens with one attached hydrogen (secondary N) is 1. The summed E-state index contributed by atoms with van der Waals surface area (Å²) in [7, 11) is 0. The Bertz CT molecular complexity index is 605. The second kappa shape index (κ2) is 6.40. The molecule has 0 atom stereocenters. The van der Waals surface area contributed by atoms with Gasteiger partial charge in [0.2, 0.25) is 0 Å². The van der Waals surface area contributed by atoms with Crippen LogP contribution in [0.2, 0.25) is 5.02 Å². The Morgan fingerprint density at radius 3 is 2.52 bits per heavy atom. The molecule has 0 spiro atoms. The molecule has 2 nitrogen and oxygen atoms in total. The first kappa shape index (κ1) is 14.3. The van der Waals surface area contributed by atoms with Gasteiger partial charge >= 0.3 is 0 Å². The Balaban J connectivity index is 1.60. The van der Waals surface area contributed by atoms with Crippen molar-refractivity contribution in [3.8, 4) is 5.75 Å². The lowest BCUT2D eigenvalue weighted by Crippen LogP contribution is -2.00. The van der Waals surface area contributed by atoms with Crippen LogP contribution in [0.3, 0.4) is 0 Å². The number of hydrogen-bond donors (Lipinski definition) is 1. The van der Waals surface area contributed by atoms with E-state index in [-0.39, 0.29) is 0 Å². The SMILES string of the molecule is CCOc1ccc(NCc2ccc(C3CC3)cc2)cc1Cl. The zero-order valence-electron chi connectivity index (χ0n) is 12.2. The fourth-order valence-corrected chi connectivity index (χ4v) is 2.65. The first-order valence-corrected chi connectivity index (χ1v) is 7.89. The van der Waals surface area contributed by atoms with E-state index in [4.69, 9.17) is 16.3 Å². The van der Waals surface area contributed by atoms with Crippen LogP contribution in [0.25, 0.3) is 0 Å². The minimum absolute atomic E-state index is 0.625. The van der Waals surface area contributed by atoms with Crippen LogP contribution in [-0.2, 0) is 6.54 Å². The summed E-state index contributed by atoms with van der Waals surface area (Å²) in [5.41, 5.74) is 3.77. The summed E-state index contributed by atoms with van der Waals surface area (Å²) < 4.78 is 5.44. The Hall–Kier alpha value is -1.67. The summed E-state index contributed by atoms with van der Waals surface area (Å²) in [5.74, 6) is 1.55.